The Morgan fingerprint density at radius 1 is 1.46 bits per heavy atom. The van der Waals surface area contributed by atoms with E-state index < -0.39 is 0 Å². The van der Waals surface area contributed by atoms with Crippen LogP contribution in [0.2, 0.25) is 0 Å². The molecule has 0 spiro atoms. The first-order chi connectivity index (χ1) is 6.18. The van der Waals surface area contributed by atoms with E-state index in [1.165, 1.54) is 5.56 Å². The van der Waals surface area contributed by atoms with Crippen molar-refractivity contribution >= 4 is 11.6 Å². The Balaban J connectivity index is 2.28. The third kappa shape index (κ3) is 1.24. The van der Waals surface area contributed by atoms with Gasteiger partial charge in [-0.2, -0.15) is 0 Å². The molecular weight excluding hydrogens is 162 g/mol. The van der Waals surface area contributed by atoms with Crippen LogP contribution in [0.1, 0.15) is 5.56 Å². The van der Waals surface area contributed by atoms with Crippen LogP contribution in [0.15, 0.2) is 36.4 Å². The van der Waals surface area contributed by atoms with E-state index in [0.717, 1.165) is 5.69 Å². The van der Waals surface area contributed by atoms with Crippen molar-refractivity contribution in [3.8, 4) is 0 Å². The summed E-state index contributed by atoms with van der Waals surface area (Å²) in [5.41, 5.74) is 2.83. The van der Waals surface area contributed by atoms with Gasteiger partial charge >= 0.3 is 0 Å². The molecule has 0 N–H and O–H groups in total. The maximum absolute atomic E-state index is 11.3. The second-order valence-corrected chi connectivity index (χ2v) is 3.33. The molecule has 1 aromatic carbocycles. The van der Waals surface area contributed by atoms with E-state index in [9.17, 15) is 4.79 Å². The van der Waals surface area contributed by atoms with Crippen molar-refractivity contribution in [1.82, 2.24) is 0 Å². The van der Waals surface area contributed by atoms with Crippen molar-refractivity contribution in [2.75, 3.05) is 11.4 Å². The van der Waals surface area contributed by atoms with E-state index in [2.05, 4.69) is 6.58 Å². The van der Waals surface area contributed by atoms with Crippen molar-refractivity contribution < 1.29 is 4.79 Å². The number of aryl methyl sites for hydroxylation is 1. The number of anilines is 1. The highest BCUT2D eigenvalue weighted by molar-refractivity contribution is 6.13. The van der Waals surface area contributed by atoms with Gasteiger partial charge in [-0.3, -0.25) is 4.79 Å². The molecule has 0 atom stereocenters. The lowest BCUT2D eigenvalue weighted by Gasteiger charge is -2.32. The number of carbonyl (C=O) groups is 1. The molecule has 2 heteroatoms. The van der Waals surface area contributed by atoms with Crippen LogP contribution in [-0.2, 0) is 4.79 Å². The number of amides is 1. The second-order valence-electron chi connectivity index (χ2n) is 3.33. The van der Waals surface area contributed by atoms with Gasteiger partial charge in [0.25, 0.3) is 5.91 Å². The summed E-state index contributed by atoms with van der Waals surface area (Å²) in [6.07, 6.45) is 0. The van der Waals surface area contributed by atoms with E-state index in [0.29, 0.717) is 12.1 Å². The van der Waals surface area contributed by atoms with Gasteiger partial charge in [0.15, 0.2) is 0 Å². The molecule has 1 saturated heterocycles. The number of hydrogen-bond acceptors (Lipinski definition) is 1. The zero-order valence-electron chi connectivity index (χ0n) is 7.58. The molecule has 1 aliphatic rings. The molecule has 13 heavy (non-hydrogen) atoms. The lowest BCUT2D eigenvalue weighted by atomic mass is 10.1. The first-order valence-corrected chi connectivity index (χ1v) is 4.25. The summed E-state index contributed by atoms with van der Waals surface area (Å²) in [7, 11) is 0. The maximum Gasteiger partial charge on any atom is 0.255 e. The average Bonchev–Trinajstić information content (AvgIpc) is 2.13. The minimum Gasteiger partial charge on any atom is -0.304 e. The van der Waals surface area contributed by atoms with E-state index in [1.807, 2.05) is 31.2 Å². The summed E-state index contributed by atoms with van der Waals surface area (Å²) in [6.45, 7) is 6.33. The largest absolute Gasteiger partial charge is 0.304 e. The smallest absolute Gasteiger partial charge is 0.255 e. The molecule has 0 saturated carbocycles. The van der Waals surface area contributed by atoms with Crippen molar-refractivity contribution in [2.45, 2.75) is 6.92 Å². The van der Waals surface area contributed by atoms with Crippen LogP contribution in [0.25, 0.3) is 0 Å². The van der Waals surface area contributed by atoms with Gasteiger partial charge in [-0.25, -0.2) is 0 Å². The molecule has 1 heterocycles. The average molecular weight is 173 g/mol. The normalized spacial score (nSPS) is 15.9. The number of hydrogen-bond donors (Lipinski definition) is 0. The Hall–Kier alpha value is -1.57. The van der Waals surface area contributed by atoms with Gasteiger partial charge in [-0.05, 0) is 24.6 Å². The van der Waals surface area contributed by atoms with Gasteiger partial charge in [-0.1, -0.05) is 18.7 Å². The van der Waals surface area contributed by atoms with Crippen LogP contribution >= 0.6 is 0 Å². The SMILES string of the molecule is C=C1CN(c2cccc(C)c2)C1=O. The Kier molecular flexibility index (Phi) is 1.69. The Labute approximate surface area is 77.5 Å². The Morgan fingerprint density at radius 3 is 2.77 bits per heavy atom. The highest BCUT2D eigenvalue weighted by atomic mass is 16.2. The van der Waals surface area contributed by atoms with Crippen LogP contribution in [-0.4, -0.2) is 12.5 Å². The highest BCUT2D eigenvalue weighted by Crippen LogP contribution is 2.24. The first-order valence-electron chi connectivity index (χ1n) is 4.25. The molecular formula is C11H11NO. The first kappa shape index (κ1) is 8.05. The Morgan fingerprint density at radius 2 is 2.23 bits per heavy atom. The minimum absolute atomic E-state index is 0.0469. The summed E-state index contributed by atoms with van der Waals surface area (Å²) in [5.74, 6) is 0.0469. The molecule has 0 unspecified atom stereocenters. The van der Waals surface area contributed by atoms with E-state index in [4.69, 9.17) is 0 Å². The third-order valence-electron chi connectivity index (χ3n) is 2.21. The fraction of sp³-hybridized carbons (Fsp3) is 0.182. The zero-order valence-corrected chi connectivity index (χ0v) is 7.58. The fourth-order valence-corrected chi connectivity index (χ4v) is 1.43. The highest BCUT2D eigenvalue weighted by Gasteiger charge is 2.29. The molecule has 2 rings (SSSR count). The molecule has 66 valence electrons. The standard InChI is InChI=1S/C11H11NO/c1-8-4-3-5-10(6-8)12-7-9(2)11(12)13/h3-6H,2,7H2,1H3. The number of nitrogens with zero attached hydrogens (tertiary/aromatic N) is 1. The van der Waals surface area contributed by atoms with Gasteiger partial charge in [-0.15, -0.1) is 0 Å². The summed E-state index contributed by atoms with van der Waals surface area (Å²) in [6, 6.07) is 7.92. The van der Waals surface area contributed by atoms with Crippen molar-refractivity contribution in [3.05, 3.63) is 42.0 Å². The van der Waals surface area contributed by atoms with Gasteiger partial charge in [0, 0.05) is 11.3 Å². The molecule has 1 fully saturated rings. The van der Waals surface area contributed by atoms with Crippen LogP contribution in [0, 0.1) is 6.92 Å². The van der Waals surface area contributed by atoms with Crippen LogP contribution in [0.3, 0.4) is 0 Å². The van der Waals surface area contributed by atoms with Crippen LogP contribution in [0.5, 0.6) is 0 Å². The molecule has 2 nitrogen and oxygen atoms in total. The number of benzene rings is 1. The molecule has 1 aromatic rings. The van der Waals surface area contributed by atoms with Crippen molar-refractivity contribution in [2.24, 2.45) is 0 Å². The van der Waals surface area contributed by atoms with Crippen LogP contribution in [0.4, 0.5) is 5.69 Å². The van der Waals surface area contributed by atoms with E-state index in [1.54, 1.807) is 4.90 Å². The predicted molar refractivity (Wildman–Crippen MR) is 52.7 cm³/mol. The maximum atomic E-state index is 11.3. The molecule has 1 aliphatic heterocycles. The Bertz CT molecular complexity index is 381. The lowest BCUT2D eigenvalue weighted by Crippen LogP contribution is -2.45. The third-order valence-corrected chi connectivity index (χ3v) is 2.21. The van der Waals surface area contributed by atoms with Gasteiger partial charge in [0.2, 0.25) is 0 Å². The minimum atomic E-state index is 0.0469. The molecule has 0 radical (unpaired) electrons. The van der Waals surface area contributed by atoms with Gasteiger partial charge in [0.1, 0.15) is 0 Å². The summed E-state index contributed by atoms with van der Waals surface area (Å²) in [5, 5.41) is 0. The number of β-lactam (4-membered cyclic amide) rings is 1. The zero-order chi connectivity index (χ0) is 9.42. The topological polar surface area (TPSA) is 20.3 Å². The monoisotopic (exact) mass is 173 g/mol. The summed E-state index contributed by atoms with van der Waals surface area (Å²) < 4.78 is 0. The second kappa shape index (κ2) is 2.73. The summed E-state index contributed by atoms with van der Waals surface area (Å²) >= 11 is 0. The van der Waals surface area contributed by atoms with Crippen LogP contribution < -0.4 is 4.90 Å². The molecule has 1 amide bonds. The molecule has 0 bridgehead atoms. The fourth-order valence-electron chi connectivity index (χ4n) is 1.43. The lowest BCUT2D eigenvalue weighted by molar-refractivity contribution is -0.117. The number of rotatable bonds is 1. The predicted octanol–water partition coefficient (Wildman–Crippen LogP) is 1.90. The van der Waals surface area contributed by atoms with Gasteiger partial charge < -0.3 is 4.90 Å². The van der Waals surface area contributed by atoms with E-state index >= 15 is 0 Å². The molecule has 0 aromatic heterocycles. The molecule has 0 aliphatic carbocycles. The van der Waals surface area contributed by atoms with E-state index in [-0.39, 0.29) is 5.91 Å². The summed E-state index contributed by atoms with van der Waals surface area (Å²) in [4.78, 5) is 13.0. The van der Waals surface area contributed by atoms with Crippen molar-refractivity contribution in [1.29, 1.82) is 0 Å². The van der Waals surface area contributed by atoms with Gasteiger partial charge in [0.05, 0.1) is 6.54 Å². The quantitative estimate of drug-likeness (QED) is 0.469. The number of carbonyl (C=O) groups excluding carboxylic acids is 1. The van der Waals surface area contributed by atoms with Crippen molar-refractivity contribution in [3.63, 3.8) is 0 Å².